The van der Waals surface area contributed by atoms with Crippen LogP contribution in [0.5, 0.6) is 0 Å². The molecule has 1 saturated heterocycles. The summed E-state index contributed by atoms with van der Waals surface area (Å²) in [4.78, 5) is 0. The van der Waals surface area contributed by atoms with Gasteiger partial charge in [0.05, 0.1) is 19.3 Å². The van der Waals surface area contributed by atoms with Crippen LogP contribution >= 0.6 is 0 Å². The molecule has 3 atom stereocenters. The van der Waals surface area contributed by atoms with Crippen LogP contribution < -0.4 is 0 Å². The van der Waals surface area contributed by atoms with Crippen molar-refractivity contribution in [3.63, 3.8) is 0 Å². The maximum Gasteiger partial charge on any atom is 0.0823 e. The molecule has 0 spiro atoms. The molecule has 0 bridgehead atoms. The van der Waals surface area contributed by atoms with E-state index in [1.165, 1.54) is 12.8 Å². The Labute approximate surface area is 74.9 Å². The number of aliphatic hydroxyl groups excluding tert-OH is 1. The third-order valence-electron chi connectivity index (χ3n) is 2.65. The monoisotopic (exact) mass is 172 g/mol. The molecule has 0 aromatic rings. The van der Waals surface area contributed by atoms with E-state index in [2.05, 4.69) is 13.8 Å². The SMILES string of the molecule is CCCC(C)C[C@@H]1COC[C@H]1O. The van der Waals surface area contributed by atoms with Gasteiger partial charge < -0.3 is 9.84 Å². The Balaban J connectivity index is 2.20. The number of hydrogen-bond acceptors (Lipinski definition) is 2. The van der Waals surface area contributed by atoms with Crippen LogP contribution in [0.2, 0.25) is 0 Å². The van der Waals surface area contributed by atoms with E-state index in [4.69, 9.17) is 4.74 Å². The van der Waals surface area contributed by atoms with Gasteiger partial charge >= 0.3 is 0 Å². The van der Waals surface area contributed by atoms with E-state index in [1.54, 1.807) is 0 Å². The Morgan fingerprint density at radius 1 is 1.50 bits per heavy atom. The number of ether oxygens (including phenoxy) is 1. The summed E-state index contributed by atoms with van der Waals surface area (Å²) < 4.78 is 5.20. The van der Waals surface area contributed by atoms with Gasteiger partial charge in [-0.3, -0.25) is 0 Å². The third kappa shape index (κ3) is 2.76. The molecule has 2 nitrogen and oxygen atoms in total. The van der Waals surface area contributed by atoms with E-state index in [-0.39, 0.29) is 6.10 Å². The van der Waals surface area contributed by atoms with E-state index < -0.39 is 0 Å². The first-order valence-electron chi connectivity index (χ1n) is 4.99. The van der Waals surface area contributed by atoms with Gasteiger partial charge in [0.15, 0.2) is 0 Å². The van der Waals surface area contributed by atoms with Gasteiger partial charge in [-0.05, 0) is 12.3 Å². The van der Waals surface area contributed by atoms with Gasteiger partial charge in [0, 0.05) is 5.92 Å². The summed E-state index contributed by atoms with van der Waals surface area (Å²) in [5.74, 6) is 1.13. The smallest absolute Gasteiger partial charge is 0.0823 e. The van der Waals surface area contributed by atoms with Crippen molar-refractivity contribution in [3.05, 3.63) is 0 Å². The van der Waals surface area contributed by atoms with E-state index >= 15 is 0 Å². The average Bonchev–Trinajstić information content (AvgIpc) is 2.37. The highest BCUT2D eigenvalue weighted by molar-refractivity contribution is 4.75. The van der Waals surface area contributed by atoms with E-state index in [0.29, 0.717) is 12.5 Å². The second kappa shape index (κ2) is 4.83. The van der Waals surface area contributed by atoms with Crippen LogP contribution in [0.4, 0.5) is 0 Å². The molecule has 72 valence electrons. The fourth-order valence-corrected chi connectivity index (χ4v) is 1.94. The zero-order valence-electron chi connectivity index (χ0n) is 8.12. The Morgan fingerprint density at radius 2 is 2.25 bits per heavy atom. The molecule has 1 N–H and O–H groups in total. The lowest BCUT2D eigenvalue weighted by atomic mass is 9.91. The molecule has 1 unspecified atom stereocenters. The first-order valence-corrected chi connectivity index (χ1v) is 4.99. The zero-order chi connectivity index (χ0) is 8.97. The van der Waals surface area contributed by atoms with E-state index in [9.17, 15) is 5.11 Å². The van der Waals surface area contributed by atoms with Crippen molar-refractivity contribution >= 4 is 0 Å². The van der Waals surface area contributed by atoms with Crippen LogP contribution in [0.1, 0.15) is 33.1 Å². The largest absolute Gasteiger partial charge is 0.390 e. The minimum atomic E-state index is -0.204. The molecule has 1 heterocycles. The quantitative estimate of drug-likeness (QED) is 0.701. The van der Waals surface area contributed by atoms with Crippen molar-refractivity contribution < 1.29 is 9.84 Å². The van der Waals surface area contributed by atoms with Gasteiger partial charge in [-0.25, -0.2) is 0 Å². The Morgan fingerprint density at radius 3 is 2.75 bits per heavy atom. The summed E-state index contributed by atoms with van der Waals surface area (Å²) in [5.41, 5.74) is 0. The van der Waals surface area contributed by atoms with Gasteiger partial charge in [0.2, 0.25) is 0 Å². The predicted octanol–water partition coefficient (Wildman–Crippen LogP) is 1.82. The highest BCUT2D eigenvalue weighted by Gasteiger charge is 2.27. The topological polar surface area (TPSA) is 29.5 Å². The lowest BCUT2D eigenvalue weighted by molar-refractivity contribution is 0.114. The van der Waals surface area contributed by atoms with Crippen molar-refractivity contribution in [3.8, 4) is 0 Å². The molecular weight excluding hydrogens is 152 g/mol. The van der Waals surface area contributed by atoms with Crippen molar-refractivity contribution in [1.29, 1.82) is 0 Å². The summed E-state index contributed by atoms with van der Waals surface area (Å²) in [6.45, 7) is 5.77. The molecule has 0 saturated carbocycles. The highest BCUT2D eigenvalue weighted by Crippen LogP contribution is 2.23. The molecular formula is C10H20O2. The molecule has 0 aromatic carbocycles. The molecule has 0 aromatic heterocycles. The van der Waals surface area contributed by atoms with E-state index in [0.717, 1.165) is 18.9 Å². The van der Waals surface area contributed by atoms with Gasteiger partial charge in [0.25, 0.3) is 0 Å². The summed E-state index contributed by atoms with van der Waals surface area (Å²) in [6, 6.07) is 0. The predicted molar refractivity (Wildman–Crippen MR) is 49.0 cm³/mol. The van der Waals surface area contributed by atoms with Crippen molar-refractivity contribution in [2.45, 2.75) is 39.2 Å². The van der Waals surface area contributed by atoms with Gasteiger partial charge in [-0.2, -0.15) is 0 Å². The van der Waals surface area contributed by atoms with Crippen molar-refractivity contribution in [2.24, 2.45) is 11.8 Å². The van der Waals surface area contributed by atoms with Crippen molar-refractivity contribution in [2.75, 3.05) is 13.2 Å². The average molecular weight is 172 g/mol. The molecule has 2 heteroatoms. The summed E-state index contributed by atoms with van der Waals surface area (Å²) in [5, 5.41) is 9.48. The molecule has 12 heavy (non-hydrogen) atoms. The molecule has 0 aliphatic carbocycles. The Kier molecular flexibility index (Phi) is 4.02. The maximum atomic E-state index is 9.48. The van der Waals surface area contributed by atoms with Crippen LogP contribution in [0.15, 0.2) is 0 Å². The van der Waals surface area contributed by atoms with Gasteiger partial charge in [0.1, 0.15) is 0 Å². The zero-order valence-corrected chi connectivity index (χ0v) is 8.12. The lowest BCUT2D eigenvalue weighted by Gasteiger charge is -2.16. The fraction of sp³-hybridized carbons (Fsp3) is 1.00. The molecule has 0 radical (unpaired) electrons. The summed E-state index contributed by atoms with van der Waals surface area (Å²) in [6.07, 6.45) is 3.42. The van der Waals surface area contributed by atoms with Crippen molar-refractivity contribution in [1.82, 2.24) is 0 Å². The van der Waals surface area contributed by atoms with Gasteiger partial charge in [-0.1, -0.05) is 26.7 Å². The molecule has 1 aliphatic rings. The Bertz CT molecular complexity index is 125. The normalized spacial score (nSPS) is 32.2. The second-order valence-corrected chi connectivity index (χ2v) is 3.99. The maximum absolute atomic E-state index is 9.48. The number of aliphatic hydroxyl groups is 1. The first-order chi connectivity index (χ1) is 5.74. The number of hydrogen-bond donors (Lipinski definition) is 1. The molecule has 1 rings (SSSR count). The molecule has 1 aliphatic heterocycles. The minimum absolute atomic E-state index is 0.204. The van der Waals surface area contributed by atoms with Crippen LogP contribution in [0.25, 0.3) is 0 Å². The fourth-order valence-electron chi connectivity index (χ4n) is 1.94. The molecule has 1 fully saturated rings. The van der Waals surface area contributed by atoms with Crippen LogP contribution in [0, 0.1) is 11.8 Å². The lowest BCUT2D eigenvalue weighted by Crippen LogP contribution is -2.20. The second-order valence-electron chi connectivity index (χ2n) is 3.99. The first kappa shape index (κ1) is 10.0. The number of rotatable bonds is 4. The summed E-state index contributed by atoms with van der Waals surface area (Å²) >= 11 is 0. The van der Waals surface area contributed by atoms with Crippen LogP contribution in [0.3, 0.4) is 0 Å². The highest BCUT2D eigenvalue weighted by atomic mass is 16.5. The Hall–Kier alpha value is -0.0800. The van der Waals surface area contributed by atoms with Crippen LogP contribution in [-0.2, 0) is 4.74 Å². The van der Waals surface area contributed by atoms with Gasteiger partial charge in [-0.15, -0.1) is 0 Å². The minimum Gasteiger partial charge on any atom is -0.390 e. The molecule has 0 amide bonds. The summed E-state index contributed by atoms with van der Waals surface area (Å²) in [7, 11) is 0. The van der Waals surface area contributed by atoms with E-state index in [1.807, 2.05) is 0 Å². The van der Waals surface area contributed by atoms with Crippen LogP contribution in [-0.4, -0.2) is 24.4 Å². The third-order valence-corrected chi connectivity index (χ3v) is 2.65. The standard InChI is InChI=1S/C10H20O2/c1-3-4-8(2)5-9-6-12-7-10(9)11/h8-11H,3-7H2,1-2H3/t8?,9-,10-/m1/s1.